The zero-order chi connectivity index (χ0) is 14.2. The van der Waals surface area contributed by atoms with Crippen molar-refractivity contribution in [1.82, 2.24) is 0 Å². The Bertz CT molecular complexity index is 630. The summed E-state index contributed by atoms with van der Waals surface area (Å²) >= 11 is 2.86. The maximum Gasteiger partial charge on any atom is 0.173 e. The van der Waals surface area contributed by atoms with Crippen LogP contribution >= 0.6 is 15.9 Å². The fraction of sp³-hybridized carbons (Fsp3) is 0.0769. The minimum absolute atomic E-state index is 0.128. The van der Waals surface area contributed by atoms with Gasteiger partial charge < -0.3 is 5.73 Å². The van der Waals surface area contributed by atoms with Crippen molar-refractivity contribution in [2.45, 2.75) is 6.04 Å². The Morgan fingerprint density at radius 1 is 0.842 bits per heavy atom. The zero-order valence-corrected chi connectivity index (χ0v) is 11.0. The summed E-state index contributed by atoms with van der Waals surface area (Å²) in [5.74, 6) is -4.33. The molecule has 0 heterocycles. The highest BCUT2D eigenvalue weighted by Crippen LogP contribution is 2.31. The van der Waals surface area contributed by atoms with Crippen LogP contribution in [0.5, 0.6) is 0 Å². The Morgan fingerprint density at radius 3 is 2.16 bits per heavy atom. The maximum absolute atomic E-state index is 13.6. The molecule has 1 atom stereocenters. The quantitative estimate of drug-likeness (QED) is 0.651. The Morgan fingerprint density at radius 2 is 1.47 bits per heavy atom. The lowest BCUT2D eigenvalue weighted by molar-refractivity contribution is 0.490. The first-order valence-corrected chi connectivity index (χ1v) is 6.05. The van der Waals surface area contributed by atoms with Crippen LogP contribution in [0.2, 0.25) is 0 Å². The number of rotatable bonds is 2. The minimum Gasteiger partial charge on any atom is -0.320 e. The third kappa shape index (κ3) is 2.50. The van der Waals surface area contributed by atoms with Gasteiger partial charge in [-0.2, -0.15) is 0 Å². The first-order valence-electron chi connectivity index (χ1n) is 5.26. The number of benzene rings is 2. The largest absolute Gasteiger partial charge is 0.320 e. The van der Waals surface area contributed by atoms with Crippen LogP contribution in [-0.4, -0.2) is 0 Å². The van der Waals surface area contributed by atoms with E-state index in [4.69, 9.17) is 5.73 Å². The maximum atomic E-state index is 13.6. The minimum atomic E-state index is -1.12. The molecule has 2 aromatic carbocycles. The summed E-state index contributed by atoms with van der Waals surface area (Å²) in [6.45, 7) is 0. The average molecular weight is 334 g/mol. The van der Waals surface area contributed by atoms with Gasteiger partial charge in [0.15, 0.2) is 23.3 Å². The van der Waals surface area contributed by atoms with Gasteiger partial charge in [-0.25, -0.2) is 17.6 Å². The van der Waals surface area contributed by atoms with Crippen LogP contribution in [0.25, 0.3) is 0 Å². The van der Waals surface area contributed by atoms with Crippen molar-refractivity contribution in [3.63, 3.8) is 0 Å². The highest BCUT2D eigenvalue weighted by atomic mass is 79.9. The molecule has 2 rings (SSSR count). The predicted molar refractivity (Wildman–Crippen MR) is 66.4 cm³/mol. The molecule has 0 fully saturated rings. The average Bonchev–Trinajstić information content (AvgIpc) is 2.39. The topological polar surface area (TPSA) is 26.0 Å². The SMILES string of the molecule is NC(c1cccc(F)c1F)c1ccc(F)c(F)c1Br. The Labute approximate surface area is 115 Å². The van der Waals surface area contributed by atoms with E-state index >= 15 is 0 Å². The smallest absolute Gasteiger partial charge is 0.173 e. The fourth-order valence-corrected chi connectivity index (χ4v) is 2.28. The van der Waals surface area contributed by atoms with Crippen LogP contribution in [0.4, 0.5) is 17.6 Å². The Hall–Kier alpha value is -1.40. The van der Waals surface area contributed by atoms with Crippen molar-refractivity contribution in [1.29, 1.82) is 0 Å². The van der Waals surface area contributed by atoms with Crippen LogP contribution in [-0.2, 0) is 0 Å². The van der Waals surface area contributed by atoms with Crippen molar-refractivity contribution in [2.75, 3.05) is 0 Å². The molecular weight excluding hydrogens is 326 g/mol. The third-order valence-electron chi connectivity index (χ3n) is 2.72. The summed E-state index contributed by atoms with van der Waals surface area (Å²) in [5, 5.41) is 0. The van der Waals surface area contributed by atoms with E-state index in [9.17, 15) is 17.6 Å². The van der Waals surface area contributed by atoms with Crippen molar-refractivity contribution >= 4 is 15.9 Å². The van der Waals surface area contributed by atoms with Crippen molar-refractivity contribution < 1.29 is 17.6 Å². The zero-order valence-electron chi connectivity index (χ0n) is 9.43. The molecular formula is C13H8BrF4N. The summed E-state index contributed by atoms with van der Waals surface area (Å²) in [5.41, 5.74) is 5.78. The van der Waals surface area contributed by atoms with Gasteiger partial charge in [-0.15, -0.1) is 0 Å². The molecule has 6 heteroatoms. The number of halogens is 5. The summed E-state index contributed by atoms with van der Waals surface area (Å²) < 4.78 is 52.9. The van der Waals surface area contributed by atoms with Crippen LogP contribution in [0.15, 0.2) is 34.8 Å². The lowest BCUT2D eigenvalue weighted by Gasteiger charge is -2.16. The Balaban J connectivity index is 2.53. The molecule has 0 aromatic heterocycles. The van der Waals surface area contributed by atoms with Gasteiger partial charge >= 0.3 is 0 Å². The lowest BCUT2D eigenvalue weighted by Crippen LogP contribution is -2.15. The molecule has 2 aromatic rings. The standard InChI is InChI=1S/C13H8BrF4N/c14-10-6(4-5-9(16)12(10)18)13(19)7-2-1-3-8(15)11(7)17/h1-5,13H,19H2. The molecule has 1 unspecified atom stereocenters. The molecule has 0 bridgehead atoms. The molecule has 0 aliphatic heterocycles. The molecule has 2 N–H and O–H groups in total. The number of hydrogen-bond acceptors (Lipinski definition) is 1. The van der Waals surface area contributed by atoms with Gasteiger partial charge in [-0.3, -0.25) is 0 Å². The van der Waals surface area contributed by atoms with Crippen LogP contribution in [0, 0.1) is 23.3 Å². The molecule has 0 spiro atoms. The van der Waals surface area contributed by atoms with E-state index in [1.165, 1.54) is 18.2 Å². The van der Waals surface area contributed by atoms with E-state index < -0.39 is 29.3 Å². The summed E-state index contributed by atoms with van der Waals surface area (Å²) in [4.78, 5) is 0. The van der Waals surface area contributed by atoms with Gasteiger partial charge in [0.05, 0.1) is 10.5 Å². The molecule has 100 valence electrons. The molecule has 0 amide bonds. The molecule has 19 heavy (non-hydrogen) atoms. The second kappa shape index (κ2) is 5.30. The Kier molecular flexibility index (Phi) is 3.91. The molecule has 1 nitrogen and oxygen atoms in total. The molecule has 0 saturated carbocycles. The van der Waals surface area contributed by atoms with E-state index in [2.05, 4.69) is 15.9 Å². The van der Waals surface area contributed by atoms with E-state index in [0.29, 0.717) is 0 Å². The molecule has 0 radical (unpaired) electrons. The number of hydrogen-bond donors (Lipinski definition) is 1. The predicted octanol–water partition coefficient (Wildman–Crippen LogP) is 4.05. The van der Waals surface area contributed by atoms with E-state index in [0.717, 1.165) is 12.1 Å². The molecule has 0 aliphatic carbocycles. The van der Waals surface area contributed by atoms with Crippen LogP contribution in [0.1, 0.15) is 17.2 Å². The lowest BCUT2D eigenvalue weighted by atomic mass is 9.99. The first kappa shape index (κ1) is 14.0. The van der Waals surface area contributed by atoms with Crippen LogP contribution < -0.4 is 5.73 Å². The molecule has 0 saturated heterocycles. The highest BCUT2D eigenvalue weighted by Gasteiger charge is 2.21. The van der Waals surface area contributed by atoms with Crippen molar-refractivity contribution in [2.24, 2.45) is 5.73 Å². The summed E-state index contributed by atoms with van der Waals surface area (Å²) in [7, 11) is 0. The van der Waals surface area contributed by atoms with Gasteiger partial charge in [0, 0.05) is 5.56 Å². The second-order valence-electron chi connectivity index (χ2n) is 3.89. The monoisotopic (exact) mass is 333 g/mol. The van der Waals surface area contributed by atoms with Crippen molar-refractivity contribution in [3.05, 3.63) is 69.2 Å². The molecule has 0 aliphatic rings. The van der Waals surface area contributed by atoms with Gasteiger partial charge in [-0.05, 0) is 33.6 Å². The van der Waals surface area contributed by atoms with Gasteiger partial charge in [0.1, 0.15) is 0 Å². The third-order valence-corrected chi connectivity index (χ3v) is 3.52. The fourth-order valence-electron chi connectivity index (χ4n) is 1.71. The van der Waals surface area contributed by atoms with Crippen LogP contribution in [0.3, 0.4) is 0 Å². The highest BCUT2D eigenvalue weighted by molar-refractivity contribution is 9.10. The normalized spacial score (nSPS) is 12.5. The first-order chi connectivity index (χ1) is 8.93. The van der Waals surface area contributed by atoms with E-state index in [-0.39, 0.29) is 15.6 Å². The summed E-state index contributed by atoms with van der Waals surface area (Å²) in [6.07, 6.45) is 0. The summed E-state index contributed by atoms with van der Waals surface area (Å²) in [6, 6.07) is 4.52. The van der Waals surface area contributed by atoms with Crippen molar-refractivity contribution in [3.8, 4) is 0 Å². The van der Waals surface area contributed by atoms with Gasteiger partial charge in [-0.1, -0.05) is 18.2 Å². The second-order valence-corrected chi connectivity index (χ2v) is 4.68. The van der Waals surface area contributed by atoms with E-state index in [1.54, 1.807) is 0 Å². The number of nitrogens with two attached hydrogens (primary N) is 1. The van der Waals surface area contributed by atoms with Gasteiger partial charge in [0.25, 0.3) is 0 Å². The van der Waals surface area contributed by atoms with Gasteiger partial charge in [0.2, 0.25) is 0 Å². The van der Waals surface area contributed by atoms with E-state index in [1.807, 2.05) is 0 Å².